The third-order valence-electron chi connectivity index (χ3n) is 3.96. The molecule has 1 aliphatic rings. The van der Waals surface area contributed by atoms with E-state index in [0.717, 1.165) is 29.0 Å². The first-order chi connectivity index (χ1) is 10.9. The Labute approximate surface area is 136 Å². The molecule has 2 amide bonds. The zero-order valence-corrected chi connectivity index (χ0v) is 13.7. The van der Waals surface area contributed by atoms with Crippen molar-refractivity contribution < 1.29 is 9.53 Å². The second-order valence-electron chi connectivity index (χ2n) is 6.62. The first-order valence-electron chi connectivity index (χ1n) is 7.85. The van der Waals surface area contributed by atoms with E-state index in [9.17, 15) is 4.79 Å². The molecule has 3 rings (SSSR count). The molecule has 1 atom stereocenters. The Morgan fingerprint density at radius 2 is 1.91 bits per heavy atom. The van der Waals surface area contributed by atoms with Crippen LogP contribution in [-0.4, -0.2) is 11.6 Å². The maximum Gasteiger partial charge on any atom is 0.319 e. The van der Waals surface area contributed by atoms with Gasteiger partial charge in [-0.25, -0.2) is 4.79 Å². The lowest BCUT2D eigenvalue weighted by Gasteiger charge is -2.38. The second-order valence-corrected chi connectivity index (χ2v) is 6.62. The summed E-state index contributed by atoms with van der Waals surface area (Å²) >= 11 is 0. The summed E-state index contributed by atoms with van der Waals surface area (Å²) in [6.07, 6.45) is 0.727. The third kappa shape index (κ3) is 3.65. The number of hydrogen-bond acceptors (Lipinski definition) is 2. The van der Waals surface area contributed by atoms with E-state index in [4.69, 9.17) is 4.74 Å². The van der Waals surface area contributed by atoms with E-state index in [1.54, 1.807) is 0 Å². The monoisotopic (exact) mass is 310 g/mol. The molecule has 4 nitrogen and oxygen atoms in total. The summed E-state index contributed by atoms with van der Waals surface area (Å²) in [7, 11) is 0. The number of hydrogen-bond donors (Lipinski definition) is 2. The number of carbonyl (C=O) groups is 1. The van der Waals surface area contributed by atoms with Crippen LogP contribution in [0.15, 0.2) is 48.5 Å². The number of rotatable bonds is 2. The minimum Gasteiger partial charge on any atom is -0.487 e. The van der Waals surface area contributed by atoms with Crippen LogP contribution in [0.1, 0.15) is 37.4 Å². The van der Waals surface area contributed by atoms with Crippen LogP contribution in [-0.2, 0) is 0 Å². The molecule has 1 heterocycles. The van der Waals surface area contributed by atoms with E-state index in [2.05, 4.69) is 10.6 Å². The normalized spacial score (nSPS) is 18.5. The van der Waals surface area contributed by atoms with Crippen LogP contribution in [0.3, 0.4) is 0 Å². The van der Waals surface area contributed by atoms with E-state index in [1.807, 2.05) is 69.3 Å². The van der Waals surface area contributed by atoms with E-state index in [0.29, 0.717) is 0 Å². The van der Waals surface area contributed by atoms with Gasteiger partial charge in [0, 0.05) is 17.7 Å². The summed E-state index contributed by atoms with van der Waals surface area (Å²) in [6.45, 7) is 6.12. The Bertz CT molecular complexity index is 711. The highest BCUT2D eigenvalue weighted by Crippen LogP contribution is 2.39. The molecule has 2 aromatic rings. The van der Waals surface area contributed by atoms with Crippen molar-refractivity contribution in [3.8, 4) is 5.75 Å². The molecule has 23 heavy (non-hydrogen) atoms. The quantitative estimate of drug-likeness (QED) is 0.862. The Kier molecular flexibility index (Phi) is 3.99. The van der Waals surface area contributed by atoms with Gasteiger partial charge in [-0.05, 0) is 44.5 Å². The number of fused-ring (bicyclic) bond motifs is 1. The highest BCUT2D eigenvalue weighted by molar-refractivity contribution is 5.89. The van der Waals surface area contributed by atoms with E-state index in [-0.39, 0.29) is 17.7 Å². The highest BCUT2D eigenvalue weighted by Gasteiger charge is 2.34. The van der Waals surface area contributed by atoms with Crippen LogP contribution in [0.25, 0.3) is 0 Å². The molecule has 0 aliphatic carbocycles. The minimum atomic E-state index is -0.314. The first kappa shape index (κ1) is 15.4. The van der Waals surface area contributed by atoms with Gasteiger partial charge < -0.3 is 15.4 Å². The van der Waals surface area contributed by atoms with Crippen LogP contribution >= 0.6 is 0 Å². The lowest BCUT2D eigenvalue weighted by atomic mass is 9.89. The number of benzene rings is 2. The van der Waals surface area contributed by atoms with Crippen molar-refractivity contribution >= 4 is 11.7 Å². The maximum atomic E-state index is 12.3. The molecular weight excluding hydrogens is 288 g/mol. The topological polar surface area (TPSA) is 50.4 Å². The van der Waals surface area contributed by atoms with Crippen molar-refractivity contribution in [2.24, 2.45) is 0 Å². The zero-order chi connectivity index (χ0) is 16.4. The molecule has 0 fully saturated rings. The van der Waals surface area contributed by atoms with Gasteiger partial charge in [0.25, 0.3) is 0 Å². The number of ether oxygens (including phenoxy) is 1. The molecule has 0 saturated heterocycles. The SMILES string of the molecule is Cc1ccc2c(c1)OC(C)(C)C[C@H]2NC(=O)Nc1ccccc1. The van der Waals surface area contributed by atoms with Crippen molar-refractivity contribution in [1.29, 1.82) is 0 Å². The molecule has 1 aliphatic heterocycles. The molecule has 0 radical (unpaired) electrons. The Morgan fingerprint density at radius 1 is 1.17 bits per heavy atom. The number of para-hydroxylation sites is 1. The summed E-state index contributed by atoms with van der Waals surface area (Å²) in [5.74, 6) is 0.853. The summed E-state index contributed by atoms with van der Waals surface area (Å²) in [4.78, 5) is 12.3. The molecule has 0 bridgehead atoms. The average Bonchev–Trinajstić information content (AvgIpc) is 2.46. The van der Waals surface area contributed by atoms with Gasteiger partial charge >= 0.3 is 6.03 Å². The van der Waals surface area contributed by atoms with Gasteiger partial charge in [-0.1, -0.05) is 30.3 Å². The van der Waals surface area contributed by atoms with E-state index >= 15 is 0 Å². The number of nitrogens with one attached hydrogen (secondary N) is 2. The van der Waals surface area contributed by atoms with Crippen molar-refractivity contribution in [2.45, 2.75) is 38.8 Å². The van der Waals surface area contributed by atoms with E-state index < -0.39 is 0 Å². The van der Waals surface area contributed by atoms with Crippen molar-refractivity contribution in [3.63, 3.8) is 0 Å². The fourth-order valence-electron chi connectivity index (χ4n) is 2.93. The van der Waals surface area contributed by atoms with Crippen LogP contribution in [0.2, 0.25) is 0 Å². The molecule has 0 saturated carbocycles. The number of amides is 2. The fraction of sp³-hybridized carbons (Fsp3) is 0.316. The highest BCUT2D eigenvalue weighted by atomic mass is 16.5. The van der Waals surface area contributed by atoms with Crippen molar-refractivity contribution in [2.75, 3.05) is 5.32 Å². The third-order valence-corrected chi connectivity index (χ3v) is 3.96. The molecule has 0 aromatic heterocycles. The lowest BCUT2D eigenvalue weighted by Crippen LogP contribution is -2.42. The predicted octanol–water partition coefficient (Wildman–Crippen LogP) is 4.42. The number of anilines is 1. The molecular formula is C19H22N2O2. The van der Waals surface area contributed by atoms with Gasteiger partial charge in [-0.2, -0.15) is 0 Å². The molecule has 0 spiro atoms. The fourth-order valence-corrected chi connectivity index (χ4v) is 2.93. The number of carbonyl (C=O) groups excluding carboxylic acids is 1. The minimum absolute atomic E-state index is 0.0712. The largest absolute Gasteiger partial charge is 0.487 e. The van der Waals surface area contributed by atoms with Crippen LogP contribution in [0.5, 0.6) is 5.75 Å². The van der Waals surface area contributed by atoms with Gasteiger partial charge in [0.15, 0.2) is 0 Å². The molecule has 0 unspecified atom stereocenters. The first-order valence-corrected chi connectivity index (χ1v) is 7.85. The average molecular weight is 310 g/mol. The van der Waals surface area contributed by atoms with Gasteiger partial charge in [-0.15, -0.1) is 0 Å². The molecule has 120 valence electrons. The van der Waals surface area contributed by atoms with Crippen molar-refractivity contribution in [1.82, 2.24) is 5.32 Å². The number of urea groups is 1. The Balaban J connectivity index is 1.78. The lowest BCUT2D eigenvalue weighted by molar-refractivity contribution is 0.0682. The van der Waals surface area contributed by atoms with Gasteiger partial charge in [-0.3, -0.25) is 0 Å². The predicted molar refractivity (Wildman–Crippen MR) is 91.8 cm³/mol. The van der Waals surface area contributed by atoms with Crippen LogP contribution < -0.4 is 15.4 Å². The second kappa shape index (κ2) is 5.95. The van der Waals surface area contributed by atoms with E-state index in [1.165, 1.54) is 0 Å². The van der Waals surface area contributed by atoms with Crippen molar-refractivity contribution in [3.05, 3.63) is 59.7 Å². The number of aryl methyl sites for hydroxylation is 1. The van der Waals surface area contributed by atoms with Gasteiger partial charge in [0.1, 0.15) is 11.4 Å². The summed E-state index contributed by atoms with van der Waals surface area (Å²) in [5.41, 5.74) is 2.64. The smallest absolute Gasteiger partial charge is 0.319 e. The Hall–Kier alpha value is -2.49. The van der Waals surface area contributed by atoms with Gasteiger partial charge in [0.2, 0.25) is 0 Å². The molecule has 2 N–H and O–H groups in total. The van der Waals surface area contributed by atoms with Crippen LogP contribution in [0.4, 0.5) is 10.5 Å². The molecule has 4 heteroatoms. The maximum absolute atomic E-state index is 12.3. The standard InChI is InChI=1S/C19H22N2O2/c1-13-9-10-15-16(12-19(2,3)23-17(15)11-13)21-18(22)20-14-7-5-4-6-8-14/h4-11,16H,12H2,1-3H3,(H2,20,21,22)/t16-/m1/s1. The van der Waals surface area contributed by atoms with Gasteiger partial charge in [0.05, 0.1) is 6.04 Å². The zero-order valence-electron chi connectivity index (χ0n) is 13.7. The molecule has 2 aromatic carbocycles. The Morgan fingerprint density at radius 3 is 2.65 bits per heavy atom. The summed E-state index contributed by atoms with van der Waals surface area (Å²) < 4.78 is 6.06. The summed E-state index contributed by atoms with van der Waals surface area (Å²) in [5, 5.41) is 5.94. The van der Waals surface area contributed by atoms with Crippen LogP contribution in [0, 0.1) is 6.92 Å². The summed E-state index contributed by atoms with van der Waals surface area (Å²) in [6, 6.07) is 15.3.